The average Bonchev–Trinajstić information content (AvgIpc) is 2.84. The van der Waals surface area contributed by atoms with Gasteiger partial charge < -0.3 is 9.84 Å². The first-order chi connectivity index (χ1) is 17.9. The molecule has 0 aromatic carbocycles. The second kappa shape index (κ2) is 12.9. The van der Waals surface area contributed by atoms with E-state index in [9.17, 15) is 23.5 Å². The van der Waals surface area contributed by atoms with Gasteiger partial charge in [-0.25, -0.2) is 13.8 Å². The number of carbonyl (C=O) groups is 2. The molecule has 8 nitrogen and oxygen atoms in total. The Morgan fingerprint density at radius 3 is 2.37 bits per heavy atom. The first-order valence-corrected chi connectivity index (χ1v) is 11.7. The minimum Gasteiger partial charge on any atom is -0.487 e. The lowest BCUT2D eigenvalue weighted by Crippen LogP contribution is -2.36. The third kappa shape index (κ3) is 7.19. The number of pyridine rings is 2. The number of ether oxygens (including phenoxy) is 1. The van der Waals surface area contributed by atoms with Crippen molar-refractivity contribution in [3.63, 3.8) is 0 Å². The lowest BCUT2D eigenvalue weighted by molar-refractivity contribution is -0.116. The van der Waals surface area contributed by atoms with Gasteiger partial charge in [0.1, 0.15) is 29.7 Å². The van der Waals surface area contributed by atoms with E-state index in [2.05, 4.69) is 16.5 Å². The lowest BCUT2D eigenvalue weighted by Gasteiger charge is -2.27. The fourth-order valence-electron chi connectivity index (χ4n) is 3.56. The highest BCUT2D eigenvalue weighted by Gasteiger charge is 2.29. The van der Waals surface area contributed by atoms with Gasteiger partial charge in [0.25, 0.3) is 5.91 Å². The van der Waals surface area contributed by atoms with Crippen molar-refractivity contribution in [1.29, 1.82) is 0 Å². The Bertz CT molecular complexity index is 1300. The van der Waals surface area contributed by atoms with Crippen LogP contribution in [0.3, 0.4) is 0 Å². The Morgan fingerprint density at radius 2 is 1.84 bits per heavy atom. The molecule has 10 heteroatoms. The molecule has 2 heterocycles. The fourth-order valence-corrected chi connectivity index (χ4v) is 3.56. The largest absolute Gasteiger partial charge is 0.487 e. The fraction of sp³-hybridized carbons (Fsp3) is 0.286. The van der Waals surface area contributed by atoms with Crippen LogP contribution in [0, 0.1) is 18.6 Å². The van der Waals surface area contributed by atoms with E-state index >= 15 is 0 Å². The van der Waals surface area contributed by atoms with Gasteiger partial charge in [-0.2, -0.15) is 0 Å². The molecule has 0 fully saturated rings. The summed E-state index contributed by atoms with van der Waals surface area (Å²) in [6.07, 6.45) is 8.98. The van der Waals surface area contributed by atoms with Crippen LogP contribution in [0.2, 0.25) is 0 Å². The van der Waals surface area contributed by atoms with Gasteiger partial charge in [-0.1, -0.05) is 12.7 Å². The Labute approximate surface area is 221 Å². The second-order valence-corrected chi connectivity index (χ2v) is 8.77. The molecule has 0 bridgehead atoms. The number of aryl methyl sites for hydroxylation is 1. The first kappa shape index (κ1) is 30.0. The molecular formula is C28H32F2N4O4. The summed E-state index contributed by atoms with van der Waals surface area (Å²) in [7, 11) is 0. The molecule has 2 aromatic rings. The predicted molar refractivity (Wildman–Crippen MR) is 142 cm³/mol. The van der Waals surface area contributed by atoms with Crippen molar-refractivity contribution in [1.82, 2.24) is 9.97 Å². The number of anilines is 2. The maximum Gasteiger partial charge on any atom is 0.261 e. The van der Waals surface area contributed by atoms with Crippen molar-refractivity contribution in [2.45, 2.75) is 53.8 Å². The zero-order valence-electron chi connectivity index (χ0n) is 22.3. The van der Waals surface area contributed by atoms with E-state index in [-0.39, 0.29) is 23.7 Å². The number of hydrogen-bond acceptors (Lipinski definition) is 6. The Balaban J connectivity index is 2.38. The van der Waals surface area contributed by atoms with Crippen LogP contribution in [-0.2, 0) is 20.9 Å². The second-order valence-electron chi connectivity index (χ2n) is 8.77. The summed E-state index contributed by atoms with van der Waals surface area (Å²) in [4.78, 5) is 35.9. The third-order valence-corrected chi connectivity index (χ3v) is 5.53. The van der Waals surface area contributed by atoms with Crippen LogP contribution in [0.5, 0.6) is 0 Å². The summed E-state index contributed by atoms with van der Waals surface area (Å²) in [6.45, 7) is 13.2. The number of aromatic nitrogens is 2. The molecule has 0 unspecified atom stereocenters. The number of halogens is 2. The summed E-state index contributed by atoms with van der Waals surface area (Å²) >= 11 is 0. The van der Waals surface area contributed by atoms with Crippen LogP contribution in [0.25, 0.3) is 0 Å². The number of rotatable bonds is 11. The van der Waals surface area contributed by atoms with E-state index in [0.717, 1.165) is 12.3 Å². The van der Waals surface area contributed by atoms with Gasteiger partial charge in [0.05, 0.1) is 17.5 Å². The number of hydrogen-bond donors (Lipinski definition) is 1. The zero-order valence-corrected chi connectivity index (χ0v) is 22.3. The minimum absolute atomic E-state index is 0.0700. The van der Waals surface area contributed by atoms with Crippen LogP contribution in [0.15, 0.2) is 72.6 Å². The first-order valence-electron chi connectivity index (χ1n) is 11.7. The van der Waals surface area contributed by atoms with Gasteiger partial charge in [0.15, 0.2) is 5.82 Å². The summed E-state index contributed by atoms with van der Waals surface area (Å²) in [5, 5.41) is 10.4. The lowest BCUT2D eigenvalue weighted by atomic mass is 9.96. The van der Waals surface area contributed by atoms with Gasteiger partial charge >= 0.3 is 0 Å². The summed E-state index contributed by atoms with van der Waals surface area (Å²) < 4.78 is 32.6. The molecule has 0 saturated heterocycles. The number of aliphatic hydroxyl groups is 1. The molecule has 0 aliphatic rings. The SMILES string of the molecule is C=CN(C(=O)/C(=C\C)C(C)(C)O)c1cc(N(C=O)/C(C)=C\C(=C/C)OCc2ncc(F)cc2F)c(C)cn1. The zero-order chi connectivity index (χ0) is 28.6. The number of allylic oxidation sites excluding steroid dienone is 4. The van der Waals surface area contributed by atoms with Gasteiger partial charge in [-0.05, 0) is 59.3 Å². The van der Waals surface area contributed by atoms with E-state index < -0.39 is 23.1 Å². The van der Waals surface area contributed by atoms with Crippen LogP contribution < -0.4 is 9.80 Å². The standard InChI is InChI=1S/C28H32F2N4O4/c1-8-21(38-16-24-23(30)12-20(29)15-31-24)11-19(5)34(17-35)25-13-26(32-14-18(25)4)33(10-3)27(36)22(9-2)28(6,7)37/h8-15,17,37H,3,16H2,1-2,4-7H3/b19-11-,21-8+,22-9+. The predicted octanol–water partition coefficient (Wildman–Crippen LogP) is 5.24. The third-order valence-electron chi connectivity index (χ3n) is 5.53. The summed E-state index contributed by atoms with van der Waals surface area (Å²) in [5.41, 5.74) is 0.197. The summed E-state index contributed by atoms with van der Waals surface area (Å²) in [6, 6.07) is 2.27. The molecule has 0 spiro atoms. The quantitative estimate of drug-likeness (QED) is 0.186. The van der Waals surface area contributed by atoms with Crippen molar-refractivity contribution in [3.8, 4) is 0 Å². The molecule has 202 valence electrons. The van der Waals surface area contributed by atoms with E-state index in [1.165, 1.54) is 42.1 Å². The molecule has 0 atom stereocenters. The normalized spacial score (nSPS) is 12.7. The van der Waals surface area contributed by atoms with Crippen molar-refractivity contribution < 1.29 is 28.2 Å². The molecule has 0 aliphatic carbocycles. The van der Waals surface area contributed by atoms with Crippen molar-refractivity contribution >= 4 is 23.8 Å². The molecule has 2 aromatic heterocycles. The van der Waals surface area contributed by atoms with E-state index in [4.69, 9.17) is 4.74 Å². The maximum absolute atomic E-state index is 13.9. The minimum atomic E-state index is -1.40. The molecule has 0 aliphatic heterocycles. The van der Waals surface area contributed by atoms with Crippen LogP contribution in [-0.4, -0.2) is 33.0 Å². The van der Waals surface area contributed by atoms with Crippen LogP contribution in [0.4, 0.5) is 20.3 Å². The van der Waals surface area contributed by atoms with E-state index in [0.29, 0.717) is 29.1 Å². The molecule has 2 rings (SSSR count). The Kier molecular flexibility index (Phi) is 10.2. The average molecular weight is 527 g/mol. The van der Waals surface area contributed by atoms with E-state index in [1.807, 2.05) is 0 Å². The van der Waals surface area contributed by atoms with Crippen LogP contribution in [0.1, 0.15) is 45.9 Å². The smallest absolute Gasteiger partial charge is 0.261 e. The molecule has 38 heavy (non-hydrogen) atoms. The van der Waals surface area contributed by atoms with Crippen LogP contribution >= 0.6 is 0 Å². The van der Waals surface area contributed by atoms with Crippen molar-refractivity contribution in [2.24, 2.45) is 0 Å². The monoisotopic (exact) mass is 526 g/mol. The highest BCUT2D eigenvalue weighted by atomic mass is 19.1. The number of nitrogens with zero attached hydrogens (tertiary/aromatic N) is 4. The highest BCUT2D eigenvalue weighted by molar-refractivity contribution is 6.07. The molecule has 1 N–H and O–H groups in total. The molecule has 2 amide bonds. The Hall–Kier alpha value is -4.18. The van der Waals surface area contributed by atoms with Gasteiger partial charge in [-0.3, -0.25) is 24.4 Å². The van der Waals surface area contributed by atoms with Gasteiger partial charge in [0.2, 0.25) is 6.41 Å². The topological polar surface area (TPSA) is 95.9 Å². The molecule has 0 saturated carbocycles. The highest BCUT2D eigenvalue weighted by Crippen LogP contribution is 2.29. The Morgan fingerprint density at radius 1 is 1.16 bits per heavy atom. The van der Waals surface area contributed by atoms with Crippen molar-refractivity contribution in [2.75, 3.05) is 9.80 Å². The van der Waals surface area contributed by atoms with Crippen molar-refractivity contribution in [3.05, 3.63) is 95.5 Å². The molecule has 0 radical (unpaired) electrons. The number of carbonyl (C=O) groups excluding carboxylic acids is 2. The maximum atomic E-state index is 13.9. The summed E-state index contributed by atoms with van der Waals surface area (Å²) in [5.74, 6) is -1.64. The van der Waals surface area contributed by atoms with Gasteiger partial charge in [-0.15, -0.1) is 0 Å². The van der Waals surface area contributed by atoms with Gasteiger partial charge in [0, 0.05) is 35.8 Å². The number of amides is 2. The van der Waals surface area contributed by atoms with E-state index in [1.54, 1.807) is 45.9 Å². The molecular weight excluding hydrogens is 494 g/mol.